The SMILES string of the molecule is CC(N/C=C(/C#N)C(=O)Nc1cccc(C(=O)O)c1)C12CC3CC(CC(C3)C1)C2. The molecule has 4 fully saturated rings. The molecule has 5 rings (SSSR count). The maximum Gasteiger partial charge on any atom is 0.335 e. The smallest absolute Gasteiger partial charge is 0.335 e. The maximum atomic E-state index is 12.5. The molecule has 1 unspecified atom stereocenters. The van der Waals surface area contributed by atoms with Crippen molar-refractivity contribution in [3.8, 4) is 6.07 Å². The summed E-state index contributed by atoms with van der Waals surface area (Å²) in [6, 6.07) is 8.16. The van der Waals surface area contributed by atoms with Crippen LogP contribution < -0.4 is 10.6 Å². The summed E-state index contributed by atoms with van der Waals surface area (Å²) in [7, 11) is 0. The zero-order chi connectivity index (χ0) is 20.6. The number of rotatable bonds is 6. The minimum Gasteiger partial charge on any atom is -0.478 e. The van der Waals surface area contributed by atoms with Crippen LogP contribution in [0.15, 0.2) is 36.0 Å². The first-order chi connectivity index (χ1) is 13.9. The van der Waals surface area contributed by atoms with Gasteiger partial charge in [-0.25, -0.2) is 4.79 Å². The largest absolute Gasteiger partial charge is 0.478 e. The lowest BCUT2D eigenvalue weighted by Gasteiger charge is -2.59. The molecule has 0 saturated heterocycles. The van der Waals surface area contributed by atoms with Crippen molar-refractivity contribution in [2.75, 3.05) is 5.32 Å². The molecule has 29 heavy (non-hydrogen) atoms. The van der Waals surface area contributed by atoms with Gasteiger partial charge in [-0.3, -0.25) is 4.79 Å². The van der Waals surface area contributed by atoms with Crippen LogP contribution in [0.1, 0.15) is 55.8 Å². The first-order valence-electron chi connectivity index (χ1n) is 10.4. The summed E-state index contributed by atoms with van der Waals surface area (Å²) in [5.74, 6) is 0.919. The van der Waals surface area contributed by atoms with E-state index < -0.39 is 11.9 Å². The number of nitrogens with one attached hydrogen (secondary N) is 2. The third kappa shape index (κ3) is 3.87. The molecule has 152 valence electrons. The van der Waals surface area contributed by atoms with Crippen molar-refractivity contribution in [2.24, 2.45) is 23.2 Å². The van der Waals surface area contributed by atoms with Crippen LogP contribution in [0.2, 0.25) is 0 Å². The summed E-state index contributed by atoms with van der Waals surface area (Å²) in [5, 5.41) is 24.5. The number of carboxylic acid groups (broad SMARTS) is 1. The van der Waals surface area contributed by atoms with Crippen LogP contribution in [0.25, 0.3) is 0 Å². The molecular formula is C23H27N3O3. The van der Waals surface area contributed by atoms with Crippen LogP contribution in [0.5, 0.6) is 0 Å². The second-order valence-corrected chi connectivity index (χ2v) is 9.18. The summed E-state index contributed by atoms with van der Waals surface area (Å²) in [5.41, 5.74) is 0.698. The molecule has 4 bridgehead atoms. The highest BCUT2D eigenvalue weighted by atomic mass is 16.4. The topological polar surface area (TPSA) is 102 Å². The van der Waals surface area contributed by atoms with E-state index in [0.717, 1.165) is 17.8 Å². The Kier molecular flexibility index (Phi) is 5.08. The molecule has 4 aliphatic carbocycles. The van der Waals surface area contributed by atoms with Gasteiger partial charge in [0.05, 0.1) is 5.56 Å². The Morgan fingerprint density at radius 2 is 1.83 bits per heavy atom. The molecule has 6 nitrogen and oxygen atoms in total. The van der Waals surface area contributed by atoms with E-state index in [4.69, 9.17) is 5.11 Å². The Bertz CT molecular complexity index is 864. The Labute approximate surface area is 171 Å². The molecule has 1 aromatic carbocycles. The molecule has 4 aliphatic rings. The molecule has 1 amide bonds. The van der Waals surface area contributed by atoms with Gasteiger partial charge in [0, 0.05) is 17.9 Å². The molecule has 0 heterocycles. The minimum atomic E-state index is -1.07. The lowest BCUT2D eigenvalue weighted by atomic mass is 9.48. The van der Waals surface area contributed by atoms with E-state index >= 15 is 0 Å². The van der Waals surface area contributed by atoms with Gasteiger partial charge in [0.25, 0.3) is 5.91 Å². The molecule has 0 aliphatic heterocycles. The Balaban J connectivity index is 1.43. The van der Waals surface area contributed by atoms with Gasteiger partial charge in [-0.1, -0.05) is 6.07 Å². The normalized spacial score (nSPS) is 31.0. The predicted octanol–water partition coefficient (Wildman–Crippen LogP) is 3.93. The van der Waals surface area contributed by atoms with Crippen molar-refractivity contribution >= 4 is 17.6 Å². The molecule has 4 saturated carbocycles. The molecule has 1 atom stereocenters. The maximum absolute atomic E-state index is 12.5. The molecule has 0 spiro atoms. The van der Waals surface area contributed by atoms with Crippen molar-refractivity contribution < 1.29 is 14.7 Å². The van der Waals surface area contributed by atoms with Crippen LogP contribution in [-0.2, 0) is 4.79 Å². The van der Waals surface area contributed by atoms with Crippen LogP contribution in [0.4, 0.5) is 5.69 Å². The van der Waals surface area contributed by atoms with Gasteiger partial charge in [0.15, 0.2) is 0 Å². The molecule has 0 radical (unpaired) electrons. The summed E-state index contributed by atoms with van der Waals surface area (Å²) in [6.07, 6.45) is 9.40. The third-order valence-electron chi connectivity index (χ3n) is 7.21. The number of amides is 1. The van der Waals surface area contributed by atoms with E-state index in [-0.39, 0.29) is 22.6 Å². The Morgan fingerprint density at radius 1 is 1.21 bits per heavy atom. The quantitative estimate of drug-likeness (QED) is 0.502. The highest BCUT2D eigenvalue weighted by Crippen LogP contribution is 2.61. The lowest BCUT2D eigenvalue weighted by molar-refractivity contribution is -0.112. The first kappa shape index (κ1) is 19.5. The van der Waals surface area contributed by atoms with Crippen molar-refractivity contribution in [1.82, 2.24) is 5.32 Å². The van der Waals surface area contributed by atoms with E-state index in [1.165, 1.54) is 56.9 Å². The number of nitriles is 1. The van der Waals surface area contributed by atoms with Crippen LogP contribution >= 0.6 is 0 Å². The van der Waals surface area contributed by atoms with Crippen molar-refractivity contribution in [3.05, 3.63) is 41.6 Å². The molecular weight excluding hydrogens is 366 g/mol. The first-order valence-corrected chi connectivity index (χ1v) is 10.4. The van der Waals surface area contributed by atoms with Gasteiger partial charge >= 0.3 is 5.97 Å². The van der Waals surface area contributed by atoms with E-state index in [9.17, 15) is 14.9 Å². The summed E-state index contributed by atoms with van der Waals surface area (Å²) in [6.45, 7) is 2.17. The molecule has 6 heteroatoms. The highest BCUT2D eigenvalue weighted by molar-refractivity contribution is 6.06. The fourth-order valence-corrected chi connectivity index (χ4v) is 6.17. The summed E-state index contributed by atoms with van der Waals surface area (Å²) >= 11 is 0. The number of hydrogen-bond donors (Lipinski definition) is 3. The van der Waals surface area contributed by atoms with E-state index in [2.05, 4.69) is 17.6 Å². The average Bonchev–Trinajstić information content (AvgIpc) is 2.67. The summed E-state index contributed by atoms with van der Waals surface area (Å²) in [4.78, 5) is 23.6. The van der Waals surface area contributed by atoms with Gasteiger partial charge in [-0.15, -0.1) is 0 Å². The van der Waals surface area contributed by atoms with Crippen LogP contribution in [0, 0.1) is 34.5 Å². The zero-order valence-corrected chi connectivity index (χ0v) is 16.6. The van der Waals surface area contributed by atoms with Crippen LogP contribution in [-0.4, -0.2) is 23.0 Å². The number of carbonyl (C=O) groups is 2. The molecule has 0 aromatic heterocycles. The van der Waals surface area contributed by atoms with E-state index in [0.29, 0.717) is 5.69 Å². The van der Waals surface area contributed by atoms with Gasteiger partial charge < -0.3 is 15.7 Å². The van der Waals surface area contributed by atoms with Crippen molar-refractivity contribution in [3.63, 3.8) is 0 Å². The number of anilines is 1. The average molecular weight is 393 g/mol. The number of aromatic carboxylic acids is 1. The van der Waals surface area contributed by atoms with Gasteiger partial charge in [0.1, 0.15) is 11.6 Å². The third-order valence-corrected chi connectivity index (χ3v) is 7.21. The fourth-order valence-electron chi connectivity index (χ4n) is 6.17. The number of nitrogens with zero attached hydrogens (tertiary/aromatic N) is 1. The number of carboxylic acids is 1. The minimum absolute atomic E-state index is 0.0118. The van der Waals surface area contributed by atoms with E-state index in [1.54, 1.807) is 12.1 Å². The monoisotopic (exact) mass is 393 g/mol. The second kappa shape index (κ2) is 7.55. The van der Waals surface area contributed by atoms with Crippen molar-refractivity contribution in [2.45, 2.75) is 51.5 Å². The van der Waals surface area contributed by atoms with Gasteiger partial charge in [0.2, 0.25) is 0 Å². The number of benzene rings is 1. The van der Waals surface area contributed by atoms with Crippen LogP contribution in [0.3, 0.4) is 0 Å². The fraction of sp³-hybridized carbons (Fsp3) is 0.522. The second-order valence-electron chi connectivity index (χ2n) is 9.18. The Morgan fingerprint density at radius 3 is 2.38 bits per heavy atom. The molecule has 3 N–H and O–H groups in total. The predicted molar refractivity (Wildman–Crippen MR) is 109 cm³/mol. The molecule has 1 aromatic rings. The van der Waals surface area contributed by atoms with Gasteiger partial charge in [-0.05, 0) is 86.8 Å². The van der Waals surface area contributed by atoms with Gasteiger partial charge in [-0.2, -0.15) is 5.26 Å². The summed E-state index contributed by atoms with van der Waals surface area (Å²) < 4.78 is 0. The zero-order valence-electron chi connectivity index (χ0n) is 16.6. The highest BCUT2D eigenvalue weighted by Gasteiger charge is 2.53. The van der Waals surface area contributed by atoms with E-state index in [1.807, 2.05) is 6.07 Å². The Hall–Kier alpha value is -2.81. The lowest BCUT2D eigenvalue weighted by Crippen LogP contribution is -2.54. The standard InChI is InChI=1S/C23H27N3O3/c1-14(23-9-15-5-16(10-23)7-17(6-15)11-23)25-13-19(12-24)21(27)26-20-4-2-3-18(8-20)22(28)29/h2-4,8,13-17,25H,5-7,9-11H2,1H3,(H,26,27)(H,28,29)/b19-13-. The van der Waals surface area contributed by atoms with Crippen molar-refractivity contribution in [1.29, 1.82) is 5.26 Å². The number of hydrogen-bond acceptors (Lipinski definition) is 4. The number of carbonyl (C=O) groups excluding carboxylic acids is 1.